The molecule has 0 fully saturated rings. The molecule has 2 aromatic rings. The van der Waals surface area contributed by atoms with Crippen molar-refractivity contribution in [3.63, 3.8) is 0 Å². The zero-order chi connectivity index (χ0) is 18.4. The Balaban J connectivity index is 2.91. The second-order valence-corrected chi connectivity index (χ2v) is 6.74. The van der Waals surface area contributed by atoms with E-state index in [1.807, 2.05) is 0 Å². The van der Waals surface area contributed by atoms with Gasteiger partial charge in [-0.3, -0.25) is 0 Å². The Labute approximate surface area is 143 Å². The molecular formula is C14H14BrF4N3O2. The van der Waals surface area contributed by atoms with Gasteiger partial charge < -0.3 is 15.2 Å². The van der Waals surface area contributed by atoms with Crippen LogP contribution in [0.5, 0.6) is 11.5 Å². The van der Waals surface area contributed by atoms with Crippen LogP contribution in [0.15, 0.2) is 4.47 Å². The third kappa shape index (κ3) is 3.33. The second kappa shape index (κ2) is 5.91. The molecule has 0 saturated heterocycles. The van der Waals surface area contributed by atoms with Crippen molar-refractivity contribution < 1.29 is 27.0 Å². The summed E-state index contributed by atoms with van der Waals surface area (Å²) in [7, 11) is 1.01. The number of rotatable bonds is 2. The Hall–Kier alpha value is -1.84. The number of halogens is 5. The maximum absolute atomic E-state index is 14.6. The van der Waals surface area contributed by atoms with Crippen molar-refractivity contribution in [1.82, 2.24) is 9.97 Å². The van der Waals surface area contributed by atoms with E-state index in [0.29, 0.717) is 0 Å². The first-order valence-corrected chi connectivity index (χ1v) is 7.44. The first kappa shape index (κ1) is 18.5. The van der Waals surface area contributed by atoms with Crippen LogP contribution in [0.25, 0.3) is 10.9 Å². The van der Waals surface area contributed by atoms with Gasteiger partial charge in [0.2, 0.25) is 0 Å². The minimum Gasteiger partial charge on any atom is -0.490 e. The number of nitrogens with zero attached hydrogens (tertiary/aromatic N) is 2. The molecule has 0 saturated carbocycles. The van der Waals surface area contributed by atoms with E-state index >= 15 is 0 Å². The van der Waals surface area contributed by atoms with Crippen molar-refractivity contribution in [3.8, 4) is 11.5 Å². The molecule has 132 valence electrons. The Morgan fingerprint density at radius 1 is 1.08 bits per heavy atom. The molecule has 0 aliphatic heterocycles. The number of hydrogen-bond acceptors (Lipinski definition) is 5. The summed E-state index contributed by atoms with van der Waals surface area (Å²) in [6.45, 7) is 5.36. The van der Waals surface area contributed by atoms with Crippen LogP contribution in [-0.4, -0.2) is 23.4 Å². The number of methoxy groups -OCH3 is 1. The van der Waals surface area contributed by atoms with Crippen molar-refractivity contribution >= 4 is 32.7 Å². The first-order chi connectivity index (χ1) is 10.9. The summed E-state index contributed by atoms with van der Waals surface area (Å²) in [5.74, 6) is -2.71. The van der Waals surface area contributed by atoms with E-state index in [-0.39, 0.29) is 27.0 Å². The van der Waals surface area contributed by atoms with Crippen LogP contribution in [0, 0.1) is 5.82 Å². The molecule has 10 heteroatoms. The lowest BCUT2D eigenvalue weighted by Gasteiger charge is -2.20. The van der Waals surface area contributed by atoms with E-state index in [0.717, 1.165) is 7.11 Å². The summed E-state index contributed by atoms with van der Waals surface area (Å²) in [6.07, 6.45) is -5.04. The van der Waals surface area contributed by atoms with Gasteiger partial charge >= 0.3 is 6.36 Å². The summed E-state index contributed by atoms with van der Waals surface area (Å²) in [5.41, 5.74) is 5.11. The third-order valence-corrected chi connectivity index (χ3v) is 3.80. The Morgan fingerprint density at radius 2 is 1.67 bits per heavy atom. The molecule has 0 amide bonds. The summed E-state index contributed by atoms with van der Waals surface area (Å²) < 4.78 is 60.9. The number of anilines is 1. The van der Waals surface area contributed by atoms with E-state index in [4.69, 9.17) is 10.5 Å². The molecule has 2 rings (SSSR count). The molecule has 1 aromatic heterocycles. The van der Waals surface area contributed by atoms with Gasteiger partial charge in [0.25, 0.3) is 0 Å². The highest BCUT2D eigenvalue weighted by molar-refractivity contribution is 9.10. The highest BCUT2D eigenvalue weighted by atomic mass is 79.9. The largest absolute Gasteiger partial charge is 0.573 e. The van der Waals surface area contributed by atoms with Gasteiger partial charge in [-0.15, -0.1) is 13.2 Å². The molecule has 1 heterocycles. The van der Waals surface area contributed by atoms with E-state index in [9.17, 15) is 17.6 Å². The first-order valence-electron chi connectivity index (χ1n) is 6.65. The number of alkyl halides is 3. The van der Waals surface area contributed by atoms with Crippen LogP contribution in [0.4, 0.5) is 23.4 Å². The average Bonchev–Trinajstić information content (AvgIpc) is 2.41. The van der Waals surface area contributed by atoms with Gasteiger partial charge in [-0.2, -0.15) is 0 Å². The fraction of sp³-hybridized carbons (Fsp3) is 0.429. The van der Waals surface area contributed by atoms with Crippen molar-refractivity contribution in [2.75, 3.05) is 12.8 Å². The predicted molar refractivity (Wildman–Crippen MR) is 83.5 cm³/mol. The van der Waals surface area contributed by atoms with E-state index in [1.165, 1.54) is 0 Å². The summed E-state index contributed by atoms with van der Waals surface area (Å²) in [4.78, 5) is 8.19. The number of ether oxygens (including phenoxy) is 2. The average molecular weight is 412 g/mol. The van der Waals surface area contributed by atoms with Crippen molar-refractivity contribution in [2.24, 2.45) is 0 Å². The van der Waals surface area contributed by atoms with Crippen molar-refractivity contribution in [3.05, 3.63) is 16.1 Å². The predicted octanol–water partition coefficient (Wildman–Crippen LogP) is 4.32. The molecule has 0 bridgehead atoms. The number of nitrogen functional groups attached to an aromatic ring is 1. The quantitative estimate of drug-likeness (QED) is 0.745. The van der Waals surface area contributed by atoms with Crippen LogP contribution >= 0.6 is 15.9 Å². The lowest BCUT2D eigenvalue weighted by atomic mass is 9.95. The summed E-state index contributed by atoms with van der Waals surface area (Å²) in [5, 5.41) is -0.249. The molecule has 1 aromatic carbocycles. The standard InChI is InChI=1S/C14H14BrF4N3O2/c1-13(2,3)12-21-8-5(11(20)22-12)7(16)10(23-4)9(6(8)15)24-14(17,18)19/h1-4H3,(H2,20,21,22). The monoisotopic (exact) mass is 411 g/mol. The van der Waals surface area contributed by atoms with Crippen LogP contribution in [-0.2, 0) is 5.41 Å². The van der Waals surface area contributed by atoms with Gasteiger partial charge in [0.1, 0.15) is 11.6 Å². The van der Waals surface area contributed by atoms with E-state index < -0.39 is 29.1 Å². The number of fused-ring (bicyclic) bond motifs is 1. The number of benzene rings is 1. The maximum Gasteiger partial charge on any atom is 0.573 e. The highest BCUT2D eigenvalue weighted by Gasteiger charge is 2.36. The van der Waals surface area contributed by atoms with Gasteiger partial charge in [-0.05, 0) is 15.9 Å². The SMILES string of the molecule is COc1c(OC(F)(F)F)c(Br)c2nc(C(C)(C)C)nc(N)c2c1F. The van der Waals surface area contributed by atoms with E-state index in [1.54, 1.807) is 20.8 Å². The molecule has 5 nitrogen and oxygen atoms in total. The van der Waals surface area contributed by atoms with Crippen LogP contribution in [0.1, 0.15) is 26.6 Å². The minimum absolute atomic E-state index is 0.134. The number of aromatic nitrogens is 2. The molecule has 0 unspecified atom stereocenters. The Kier molecular flexibility index (Phi) is 4.55. The van der Waals surface area contributed by atoms with Crippen molar-refractivity contribution in [2.45, 2.75) is 32.5 Å². The normalized spacial score (nSPS) is 12.5. The minimum atomic E-state index is -5.04. The van der Waals surface area contributed by atoms with Crippen LogP contribution in [0.2, 0.25) is 0 Å². The smallest absolute Gasteiger partial charge is 0.490 e. The van der Waals surface area contributed by atoms with Crippen LogP contribution < -0.4 is 15.2 Å². The zero-order valence-corrected chi connectivity index (χ0v) is 14.8. The number of nitrogens with two attached hydrogens (primary N) is 1. The molecule has 0 aliphatic rings. The van der Waals surface area contributed by atoms with E-state index in [2.05, 4.69) is 30.6 Å². The summed E-state index contributed by atoms with van der Waals surface area (Å²) >= 11 is 2.98. The zero-order valence-electron chi connectivity index (χ0n) is 13.2. The van der Waals surface area contributed by atoms with Gasteiger partial charge in [0, 0.05) is 5.41 Å². The molecular weight excluding hydrogens is 398 g/mol. The van der Waals surface area contributed by atoms with Crippen molar-refractivity contribution in [1.29, 1.82) is 0 Å². The molecule has 0 spiro atoms. The molecule has 0 radical (unpaired) electrons. The topological polar surface area (TPSA) is 70.3 Å². The fourth-order valence-electron chi connectivity index (χ4n) is 2.00. The fourth-order valence-corrected chi connectivity index (χ4v) is 2.55. The van der Waals surface area contributed by atoms with Gasteiger partial charge in [0.05, 0.1) is 22.5 Å². The number of hydrogen-bond donors (Lipinski definition) is 1. The van der Waals surface area contributed by atoms with Crippen LogP contribution in [0.3, 0.4) is 0 Å². The Morgan fingerprint density at radius 3 is 2.12 bits per heavy atom. The third-order valence-electron chi connectivity index (χ3n) is 3.06. The lowest BCUT2D eigenvalue weighted by Crippen LogP contribution is -2.20. The molecule has 2 N–H and O–H groups in total. The van der Waals surface area contributed by atoms with Gasteiger partial charge in [-0.1, -0.05) is 20.8 Å². The molecule has 24 heavy (non-hydrogen) atoms. The molecule has 0 atom stereocenters. The Bertz CT molecular complexity index is 804. The lowest BCUT2D eigenvalue weighted by molar-refractivity contribution is -0.275. The summed E-state index contributed by atoms with van der Waals surface area (Å²) in [6, 6.07) is 0. The molecule has 0 aliphatic carbocycles. The van der Waals surface area contributed by atoms with Gasteiger partial charge in [0.15, 0.2) is 17.3 Å². The van der Waals surface area contributed by atoms with Gasteiger partial charge in [-0.25, -0.2) is 14.4 Å². The maximum atomic E-state index is 14.6. The second-order valence-electron chi connectivity index (χ2n) is 5.94. The highest BCUT2D eigenvalue weighted by Crippen LogP contribution is 2.46.